The van der Waals surface area contributed by atoms with Gasteiger partial charge in [-0.2, -0.15) is 0 Å². The van der Waals surface area contributed by atoms with Crippen molar-refractivity contribution in [1.82, 2.24) is 20.6 Å². The number of benzene rings is 1. The third-order valence-corrected chi connectivity index (χ3v) is 10.5. The minimum absolute atomic E-state index is 0.00266. The van der Waals surface area contributed by atoms with Crippen molar-refractivity contribution in [2.24, 2.45) is 17.8 Å². The van der Waals surface area contributed by atoms with Crippen LogP contribution in [0.1, 0.15) is 157 Å². The lowest BCUT2D eigenvalue weighted by atomic mass is 9.76. The molecule has 2 heterocycles. The number of aromatic amines is 1. The van der Waals surface area contributed by atoms with Crippen molar-refractivity contribution in [2.45, 2.75) is 165 Å². The average molecular weight is 756 g/mol. The largest absolute Gasteiger partial charge is 0.445 e. The fraction of sp³-hybridized carbons (Fsp3) is 0.682. The van der Waals surface area contributed by atoms with Crippen molar-refractivity contribution >= 4 is 17.7 Å². The number of nitrogens with zero attached hydrogens (tertiary/aromatic N) is 1. The fourth-order valence-corrected chi connectivity index (χ4v) is 5.94. The van der Waals surface area contributed by atoms with Crippen LogP contribution in [0.5, 0.6) is 0 Å². The number of alkyl halides is 1. The number of carbonyl (C=O) groups excluding carboxylic acids is 2. The number of piperidine rings is 1. The monoisotopic (exact) mass is 756 g/mol. The topological polar surface area (TPSA) is 129 Å². The van der Waals surface area contributed by atoms with Crippen molar-refractivity contribution in [3.63, 3.8) is 0 Å². The van der Waals surface area contributed by atoms with Crippen LogP contribution in [0.15, 0.2) is 47.7 Å². The molecule has 2 aromatic rings. The van der Waals surface area contributed by atoms with Crippen molar-refractivity contribution in [2.75, 3.05) is 13.2 Å². The van der Waals surface area contributed by atoms with E-state index in [0.717, 1.165) is 80.2 Å². The summed E-state index contributed by atoms with van der Waals surface area (Å²) in [4.78, 5) is 30.3. The Bertz CT molecular complexity index is 1370. The molecule has 0 radical (unpaired) electrons. The van der Waals surface area contributed by atoms with Gasteiger partial charge in [-0.15, -0.1) is 0 Å². The van der Waals surface area contributed by atoms with Gasteiger partial charge in [0.25, 0.3) is 0 Å². The molecule has 1 aliphatic heterocycles. The number of aromatic nitrogens is 2. The number of allylic oxidation sites excluding steroid dienone is 2. The maximum absolute atomic E-state index is 14.5. The highest BCUT2D eigenvalue weighted by Gasteiger charge is 2.37. The van der Waals surface area contributed by atoms with Crippen LogP contribution >= 0.6 is 0 Å². The molecule has 0 spiro atoms. The van der Waals surface area contributed by atoms with E-state index in [-0.39, 0.29) is 24.5 Å². The first-order valence-electron chi connectivity index (χ1n) is 20.3. The number of aryl methyl sites for hydroxylation is 1. The second kappa shape index (κ2) is 26.3. The summed E-state index contributed by atoms with van der Waals surface area (Å²) >= 11 is 0. The molecule has 4 N–H and O–H groups in total. The average Bonchev–Trinajstić information content (AvgIpc) is 3.59. The highest BCUT2D eigenvalue weighted by Crippen LogP contribution is 2.41. The second-order valence-corrected chi connectivity index (χ2v) is 15.6. The number of alkyl carbamates (subject to hydrolysis) is 1. The van der Waals surface area contributed by atoms with Crippen LogP contribution in [-0.2, 0) is 20.9 Å². The Hall–Kier alpha value is -3.53. The summed E-state index contributed by atoms with van der Waals surface area (Å²) in [6, 6.07) is 9.18. The normalized spacial score (nSPS) is 21.4. The summed E-state index contributed by atoms with van der Waals surface area (Å²) in [6.07, 6.45) is 10.7. The van der Waals surface area contributed by atoms with Gasteiger partial charge in [0.1, 0.15) is 18.1 Å². The number of H-pyrrole nitrogens is 1. The van der Waals surface area contributed by atoms with Crippen LogP contribution in [0.25, 0.3) is 0 Å². The Balaban J connectivity index is 0.000000428. The zero-order valence-corrected chi connectivity index (χ0v) is 35.5. The molecule has 1 saturated carbocycles. The van der Waals surface area contributed by atoms with E-state index < -0.39 is 11.8 Å². The Labute approximate surface area is 327 Å². The number of carbonyl (C=O) groups is 2. The molecule has 2 aliphatic rings. The molecule has 4 rings (SSSR count). The summed E-state index contributed by atoms with van der Waals surface area (Å²) in [5.41, 5.74) is 3.66. The van der Waals surface area contributed by atoms with E-state index in [0.29, 0.717) is 30.6 Å². The van der Waals surface area contributed by atoms with Crippen LogP contribution in [0.2, 0.25) is 0 Å². The zero-order valence-electron chi connectivity index (χ0n) is 35.5. The van der Waals surface area contributed by atoms with Gasteiger partial charge < -0.3 is 30.5 Å². The third kappa shape index (κ3) is 20.8. The predicted octanol–water partition coefficient (Wildman–Crippen LogP) is 11.1. The molecule has 54 heavy (non-hydrogen) atoms. The van der Waals surface area contributed by atoms with Gasteiger partial charge >= 0.3 is 6.09 Å². The first-order chi connectivity index (χ1) is 25.5. The van der Waals surface area contributed by atoms with E-state index >= 15 is 0 Å². The molecule has 1 aliphatic carbocycles. The predicted molar refractivity (Wildman–Crippen MR) is 221 cm³/mol. The maximum Gasteiger partial charge on any atom is 0.408 e. The van der Waals surface area contributed by atoms with E-state index in [1.165, 1.54) is 18.4 Å². The van der Waals surface area contributed by atoms with Gasteiger partial charge in [0.05, 0.1) is 24.0 Å². The lowest BCUT2D eigenvalue weighted by molar-refractivity contribution is -0.122. The molecule has 9 nitrogen and oxygen atoms in total. The number of hydrogen-bond acceptors (Lipinski definition) is 6. The lowest BCUT2D eigenvalue weighted by Crippen LogP contribution is -2.39. The Morgan fingerprint density at radius 2 is 1.80 bits per heavy atom. The van der Waals surface area contributed by atoms with E-state index in [2.05, 4.69) is 69.1 Å². The standard InChI is InChI=1S/C20H26FN3O2.C10H22O.C8H15N.C6H11NO/c1-14-22-12-17(23-14)18(16-9-6-10-20(2,21)11-16)24-19(25)26-13-15-7-4-3-5-8-15;1-5-9(3)7-8-11-10(4)6-2;1-5-6(2)7(3)8(4)9;1-5-2-3-6(8)7-4-5/h3-5,7-8,12,16,18H,6,9-11,13H2,1-2H3,(H,22,23)(H,24,25);9-10H,5-8H2,1-4H3;9H,5H2,1-4H3;5H,2-4H2,1H3,(H,7,8). The first kappa shape index (κ1) is 48.5. The molecule has 2 amide bonds. The Morgan fingerprint density at radius 1 is 1.11 bits per heavy atom. The van der Waals surface area contributed by atoms with E-state index in [9.17, 15) is 14.0 Å². The number of halogens is 1. The number of amides is 2. The van der Waals surface area contributed by atoms with Crippen molar-refractivity contribution < 1.29 is 23.5 Å². The highest BCUT2D eigenvalue weighted by atomic mass is 19.1. The van der Waals surface area contributed by atoms with Gasteiger partial charge in [-0.05, 0) is 122 Å². The van der Waals surface area contributed by atoms with Crippen molar-refractivity contribution in [3.05, 3.63) is 64.8 Å². The molecule has 6 atom stereocenters. The summed E-state index contributed by atoms with van der Waals surface area (Å²) in [6.45, 7) is 24.5. The zero-order chi connectivity index (χ0) is 40.7. The minimum Gasteiger partial charge on any atom is -0.445 e. The number of hydrogen-bond donors (Lipinski definition) is 4. The lowest BCUT2D eigenvalue weighted by Gasteiger charge is -2.36. The summed E-state index contributed by atoms with van der Waals surface area (Å²) in [5.74, 6) is 2.49. The molecule has 6 unspecified atom stereocenters. The molecule has 1 aromatic carbocycles. The SMILES string of the molecule is CC1CCC(=O)NC1.CCC(C)=C(C)C(C)=N.CCC(C)CCOC(C)CC.Cc1ncc(C(NC(=O)OCc2ccccc2)C2CCCC(C)(F)C2)[nH]1. The number of rotatable bonds is 13. The van der Waals surface area contributed by atoms with E-state index in [1.54, 1.807) is 13.1 Å². The highest BCUT2D eigenvalue weighted by molar-refractivity contribution is 5.95. The molecule has 1 saturated heterocycles. The molecule has 1 aromatic heterocycles. The van der Waals surface area contributed by atoms with Gasteiger partial charge in [0, 0.05) is 25.3 Å². The van der Waals surface area contributed by atoms with Gasteiger partial charge in [0.2, 0.25) is 5.91 Å². The van der Waals surface area contributed by atoms with Gasteiger partial charge in [-0.3, -0.25) is 4.79 Å². The fourth-order valence-electron chi connectivity index (χ4n) is 5.94. The van der Waals surface area contributed by atoms with E-state index in [4.69, 9.17) is 14.9 Å². The number of ether oxygens (including phenoxy) is 2. The van der Waals surface area contributed by atoms with Crippen LogP contribution in [0.3, 0.4) is 0 Å². The maximum atomic E-state index is 14.5. The van der Waals surface area contributed by atoms with Gasteiger partial charge in [0.15, 0.2) is 0 Å². The molecule has 2 fully saturated rings. The summed E-state index contributed by atoms with van der Waals surface area (Å²) < 4.78 is 25.5. The van der Waals surface area contributed by atoms with Crippen LogP contribution in [-0.4, -0.2) is 52.6 Å². The van der Waals surface area contributed by atoms with Crippen LogP contribution in [0.4, 0.5) is 9.18 Å². The third-order valence-electron chi connectivity index (χ3n) is 10.5. The van der Waals surface area contributed by atoms with Crippen LogP contribution in [0, 0.1) is 30.1 Å². The van der Waals surface area contributed by atoms with Gasteiger partial charge in [-0.25, -0.2) is 14.2 Å². The second-order valence-electron chi connectivity index (χ2n) is 15.6. The van der Waals surface area contributed by atoms with Gasteiger partial charge in [-0.1, -0.05) is 76.9 Å². The minimum atomic E-state index is -1.20. The molecule has 0 bridgehead atoms. The first-order valence-corrected chi connectivity index (χ1v) is 20.3. The molecule has 10 heteroatoms. The van der Waals surface area contributed by atoms with Crippen molar-refractivity contribution in [3.8, 4) is 0 Å². The Morgan fingerprint density at radius 3 is 2.28 bits per heavy atom. The number of imidazole rings is 1. The van der Waals surface area contributed by atoms with Crippen LogP contribution < -0.4 is 10.6 Å². The van der Waals surface area contributed by atoms with Crippen molar-refractivity contribution in [1.29, 1.82) is 5.41 Å². The molecular weight excluding hydrogens is 682 g/mol. The summed E-state index contributed by atoms with van der Waals surface area (Å²) in [5, 5.41) is 13.0. The summed E-state index contributed by atoms with van der Waals surface area (Å²) in [7, 11) is 0. The smallest absolute Gasteiger partial charge is 0.408 e. The molecular formula is C44H74FN5O4. The number of nitrogens with one attached hydrogen (secondary N) is 4. The van der Waals surface area contributed by atoms with E-state index in [1.807, 2.05) is 51.1 Å². The Kier molecular flexibility index (Phi) is 23.6. The molecule has 306 valence electrons. The quantitative estimate of drug-likeness (QED) is 0.151.